The Labute approximate surface area is 178 Å². The lowest BCUT2D eigenvalue weighted by Gasteiger charge is -2.22. The van der Waals surface area contributed by atoms with E-state index in [1.165, 1.54) is 0 Å². The normalized spacial score (nSPS) is 10.5. The number of anilines is 1. The van der Waals surface area contributed by atoms with Crippen molar-refractivity contribution in [1.82, 2.24) is 10.2 Å². The van der Waals surface area contributed by atoms with Gasteiger partial charge in [-0.25, -0.2) is 0 Å². The molecule has 0 saturated carbocycles. The number of nitrogens with one attached hydrogen (secondary N) is 1. The Morgan fingerprint density at radius 3 is 2.33 bits per heavy atom. The molecule has 2 amide bonds. The summed E-state index contributed by atoms with van der Waals surface area (Å²) in [6.45, 7) is 4.51. The Morgan fingerprint density at radius 1 is 1.00 bits per heavy atom. The van der Waals surface area contributed by atoms with Crippen LogP contribution >= 0.6 is 0 Å². The van der Waals surface area contributed by atoms with E-state index in [-0.39, 0.29) is 11.8 Å². The van der Waals surface area contributed by atoms with Gasteiger partial charge in [0.2, 0.25) is 5.91 Å². The molecule has 0 spiro atoms. The molecule has 2 rings (SSSR count). The van der Waals surface area contributed by atoms with Crippen LogP contribution in [0.3, 0.4) is 0 Å². The Bertz CT molecular complexity index is 791. The van der Waals surface area contributed by atoms with Crippen LogP contribution in [0.1, 0.15) is 42.1 Å². The molecule has 0 bridgehead atoms. The van der Waals surface area contributed by atoms with Crippen LogP contribution in [-0.4, -0.2) is 43.0 Å². The van der Waals surface area contributed by atoms with Crippen molar-refractivity contribution in [1.29, 1.82) is 0 Å². The Hall–Kier alpha value is -3.06. The van der Waals surface area contributed by atoms with Gasteiger partial charge in [-0.2, -0.15) is 0 Å². The monoisotopic (exact) mass is 412 g/mol. The minimum absolute atomic E-state index is 0.1000. The third kappa shape index (κ3) is 7.75. The van der Waals surface area contributed by atoms with Gasteiger partial charge in [0.15, 0.2) is 0 Å². The van der Waals surface area contributed by atoms with Gasteiger partial charge in [0, 0.05) is 37.3 Å². The lowest BCUT2D eigenvalue weighted by atomic mass is 10.2. The minimum atomic E-state index is -0.120. The van der Waals surface area contributed by atoms with E-state index in [9.17, 15) is 9.59 Å². The topological polar surface area (TPSA) is 111 Å². The summed E-state index contributed by atoms with van der Waals surface area (Å²) in [5.41, 5.74) is 13.5. The number of benzene rings is 2. The molecule has 5 N–H and O–H groups in total. The quantitative estimate of drug-likeness (QED) is 0.366. The molecule has 2 aromatic carbocycles. The van der Waals surface area contributed by atoms with Crippen LogP contribution in [0.4, 0.5) is 5.69 Å². The second-order valence-electron chi connectivity index (χ2n) is 7.02. The smallest absolute Gasteiger partial charge is 0.251 e. The third-order valence-corrected chi connectivity index (χ3v) is 4.76. The third-order valence-electron chi connectivity index (χ3n) is 4.76. The summed E-state index contributed by atoms with van der Waals surface area (Å²) in [6, 6.07) is 14.5. The molecule has 0 aliphatic rings. The molecule has 0 aliphatic heterocycles. The first kappa shape index (κ1) is 23.2. The van der Waals surface area contributed by atoms with E-state index in [2.05, 4.69) is 5.32 Å². The molecule has 7 nitrogen and oxygen atoms in total. The average molecular weight is 413 g/mol. The van der Waals surface area contributed by atoms with Gasteiger partial charge in [-0.15, -0.1) is 0 Å². The van der Waals surface area contributed by atoms with Crippen molar-refractivity contribution in [3.8, 4) is 5.75 Å². The zero-order valence-electron chi connectivity index (χ0n) is 17.6. The summed E-state index contributed by atoms with van der Waals surface area (Å²) in [4.78, 5) is 26.1. The number of ether oxygens (including phenoxy) is 1. The summed E-state index contributed by atoms with van der Waals surface area (Å²) < 4.78 is 5.75. The van der Waals surface area contributed by atoms with Crippen LogP contribution in [-0.2, 0) is 11.3 Å². The SMILES string of the molecule is CCC(=O)N(CCCCNC(=O)c1ccc(N)cc1)CCOc1ccc(CN)cc1. The van der Waals surface area contributed by atoms with E-state index in [4.69, 9.17) is 16.2 Å². The summed E-state index contributed by atoms with van der Waals surface area (Å²) >= 11 is 0. The highest BCUT2D eigenvalue weighted by Crippen LogP contribution is 2.12. The first-order valence-corrected chi connectivity index (χ1v) is 10.4. The highest BCUT2D eigenvalue weighted by molar-refractivity contribution is 5.94. The van der Waals surface area contributed by atoms with Crippen LogP contribution in [0.15, 0.2) is 48.5 Å². The molecule has 0 unspecified atom stereocenters. The molecular formula is C23H32N4O3. The Morgan fingerprint density at radius 2 is 1.70 bits per heavy atom. The molecule has 30 heavy (non-hydrogen) atoms. The zero-order valence-corrected chi connectivity index (χ0v) is 17.6. The van der Waals surface area contributed by atoms with Crippen molar-refractivity contribution in [3.63, 3.8) is 0 Å². The van der Waals surface area contributed by atoms with Crippen molar-refractivity contribution in [2.75, 3.05) is 32.0 Å². The molecule has 162 valence electrons. The average Bonchev–Trinajstić information content (AvgIpc) is 2.77. The fourth-order valence-electron chi connectivity index (χ4n) is 2.95. The van der Waals surface area contributed by atoms with Crippen molar-refractivity contribution >= 4 is 17.5 Å². The Balaban J connectivity index is 1.69. The first-order valence-electron chi connectivity index (χ1n) is 10.4. The number of hydrogen-bond acceptors (Lipinski definition) is 5. The van der Waals surface area contributed by atoms with E-state index in [0.717, 1.165) is 24.2 Å². The number of hydrogen-bond donors (Lipinski definition) is 3. The van der Waals surface area contributed by atoms with Gasteiger partial charge >= 0.3 is 0 Å². The van der Waals surface area contributed by atoms with Gasteiger partial charge < -0.3 is 26.4 Å². The van der Waals surface area contributed by atoms with Crippen LogP contribution < -0.4 is 21.5 Å². The molecule has 0 atom stereocenters. The highest BCUT2D eigenvalue weighted by atomic mass is 16.5. The number of nitrogen functional groups attached to an aromatic ring is 1. The largest absolute Gasteiger partial charge is 0.492 e. The molecule has 0 fully saturated rings. The maximum atomic E-state index is 12.2. The van der Waals surface area contributed by atoms with E-state index in [0.29, 0.717) is 50.5 Å². The summed E-state index contributed by atoms with van der Waals surface area (Å²) in [5, 5.41) is 2.89. The molecule has 0 aromatic heterocycles. The molecule has 0 aliphatic carbocycles. The number of rotatable bonds is 12. The van der Waals surface area contributed by atoms with Gasteiger partial charge in [0.1, 0.15) is 12.4 Å². The van der Waals surface area contributed by atoms with Crippen LogP contribution in [0.25, 0.3) is 0 Å². The molecule has 0 heterocycles. The molecule has 7 heteroatoms. The number of nitrogens with two attached hydrogens (primary N) is 2. The lowest BCUT2D eigenvalue weighted by molar-refractivity contribution is -0.131. The van der Waals surface area contributed by atoms with E-state index < -0.39 is 0 Å². The highest BCUT2D eigenvalue weighted by Gasteiger charge is 2.11. The summed E-state index contributed by atoms with van der Waals surface area (Å²) in [5.74, 6) is 0.745. The predicted octanol–water partition coefficient (Wildman–Crippen LogP) is 2.56. The summed E-state index contributed by atoms with van der Waals surface area (Å²) in [7, 11) is 0. The predicted molar refractivity (Wildman–Crippen MR) is 119 cm³/mol. The van der Waals surface area contributed by atoms with Crippen molar-refractivity contribution in [3.05, 3.63) is 59.7 Å². The maximum absolute atomic E-state index is 12.2. The maximum Gasteiger partial charge on any atom is 0.251 e. The first-order chi connectivity index (χ1) is 14.5. The molecule has 0 saturated heterocycles. The van der Waals surface area contributed by atoms with Crippen molar-refractivity contribution in [2.45, 2.75) is 32.7 Å². The van der Waals surface area contributed by atoms with E-state index in [1.807, 2.05) is 36.1 Å². The number of nitrogens with zero attached hydrogens (tertiary/aromatic N) is 1. The standard InChI is InChI=1S/C23H32N4O3/c1-2-22(28)27(15-16-30-21-11-5-18(17-24)6-12-21)14-4-3-13-26-23(29)19-7-9-20(25)10-8-19/h5-12H,2-4,13-17,24-25H2,1H3,(H,26,29). The lowest BCUT2D eigenvalue weighted by Crippen LogP contribution is -2.35. The number of carbonyl (C=O) groups excluding carboxylic acids is 2. The summed E-state index contributed by atoms with van der Waals surface area (Å²) in [6.07, 6.45) is 2.05. The fourth-order valence-corrected chi connectivity index (χ4v) is 2.95. The van der Waals surface area contributed by atoms with Gasteiger partial charge in [-0.3, -0.25) is 9.59 Å². The van der Waals surface area contributed by atoms with E-state index >= 15 is 0 Å². The van der Waals surface area contributed by atoms with Crippen LogP contribution in [0.5, 0.6) is 5.75 Å². The second-order valence-corrected chi connectivity index (χ2v) is 7.02. The van der Waals surface area contributed by atoms with Crippen molar-refractivity contribution in [2.24, 2.45) is 5.73 Å². The van der Waals surface area contributed by atoms with E-state index in [1.54, 1.807) is 24.3 Å². The van der Waals surface area contributed by atoms with Gasteiger partial charge in [0.05, 0.1) is 6.54 Å². The van der Waals surface area contributed by atoms with Gasteiger partial charge in [-0.1, -0.05) is 19.1 Å². The van der Waals surface area contributed by atoms with Crippen LogP contribution in [0.2, 0.25) is 0 Å². The minimum Gasteiger partial charge on any atom is -0.492 e. The molecular weight excluding hydrogens is 380 g/mol. The van der Waals surface area contributed by atoms with Gasteiger partial charge in [-0.05, 0) is 54.8 Å². The zero-order chi connectivity index (χ0) is 21.8. The number of unbranched alkanes of at least 4 members (excludes halogenated alkanes) is 1. The fraction of sp³-hybridized carbons (Fsp3) is 0.391. The number of carbonyl (C=O) groups is 2. The Kier molecular flexibility index (Phi) is 9.67. The molecule has 2 aromatic rings. The van der Waals surface area contributed by atoms with Gasteiger partial charge in [0.25, 0.3) is 5.91 Å². The number of amides is 2. The van der Waals surface area contributed by atoms with Crippen molar-refractivity contribution < 1.29 is 14.3 Å². The van der Waals surface area contributed by atoms with Crippen LogP contribution in [0, 0.1) is 0 Å². The molecule has 0 radical (unpaired) electrons. The second kappa shape index (κ2) is 12.5.